The maximum atomic E-state index is 11.5. The van der Waals surface area contributed by atoms with Gasteiger partial charge in [0, 0.05) is 0 Å². The minimum atomic E-state index is 0.108. The Kier molecular flexibility index (Phi) is 4.89. The van der Waals surface area contributed by atoms with E-state index < -0.39 is 0 Å². The maximum absolute atomic E-state index is 11.5. The normalized spacial score (nSPS) is 11.4. The Morgan fingerprint density at radius 2 is 1.65 bits per heavy atom. The van der Waals surface area contributed by atoms with Gasteiger partial charge in [0.2, 0.25) is 0 Å². The second kappa shape index (κ2) is 6.85. The van der Waals surface area contributed by atoms with E-state index in [1.54, 1.807) is 13.0 Å². The molecule has 20 heavy (non-hydrogen) atoms. The number of hydrogen-bond acceptors (Lipinski definition) is 1. The van der Waals surface area contributed by atoms with Crippen LogP contribution in [-0.4, -0.2) is 5.78 Å². The van der Waals surface area contributed by atoms with Crippen molar-refractivity contribution in [2.75, 3.05) is 0 Å². The average molecular weight is 264 g/mol. The highest BCUT2D eigenvalue weighted by molar-refractivity contribution is 5.97. The van der Waals surface area contributed by atoms with Crippen molar-refractivity contribution in [3.63, 3.8) is 0 Å². The van der Waals surface area contributed by atoms with E-state index in [9.17, 15) is 4.79 Å². The zero-order valence-corrected chi connectivity index (χ0v) is 12.1. The van der Waals surface area contributed by atoms with E-state index in [4.69, 9.17) is 0 Å². The van der Waals surface area contributed by atoms with Crippen molar-refractivity contribution >= 4 is 11.4 Å². The van der Waals surface area contributed by atoms with Crippen molar-refractivity contribution in [3.8, 4) is 11.1 Å². The van der Waals surface area contributed by atoms with Gasteiger partial charge in [0.25, 0.3) is 0 Å². The molecule has 0 unspecified atom stereocenters. The highest BCUT2D eigenvalue weighted by Gasteiger charge is 2.09. The van der Waals surface area contributed by atoms with Gasteiger partial charge in [-0.3, -0.25) is 4.79 Å². The largest absolute Gasteiger partial charge is 0.295 e. The van der Waals surface area contributed by atoms with E-state index >= 15 is 0 Å². The molecule has 2 aromatic rings. The molecule has 0 saturated carbocycles. The monoisotopic (exact) mass is 264 g/mol. The van der Waals surface area contributed by atoms with E-state index in [-0.39, 0.29) is 5.78 Å². The number of hydrogen-bond donors (Lipinski definition) is 0. The Morgan fingerprint density at radius 1 is 1.00 bits per heavy atom. The fourth-order valence-corrected chi connectivity index (χ4v) is 2.43. The van der Waals surface area contributed by atoms with Gasteiger partial charge in [-0.2, -0.15) is 0 Å². The highest BCUT2D eigenvalue weighted by Crippen LogP contribution is 2.31. The SMILES string of the molecule is CCCC(=CC(C)=O)c1ccccc1-c1ccccc1. The van der Waals surface area contributed by atoms with Crippen LogP contribution in [-0.2, 0) is 4.79 Å². The molecule has 0 bridgehead atoms. The highest BCUT2D eigenvalue weighted by atomic mass is 16.1. The van der Waals surface area contributed by atoms with Gasteiger partial charge in [-0.15, -0.1) is 0 Å². The summed E-state index contributed by atoms with van der Waals surface area (Å²) in [5.74, 6) is 0.108. The summed E-state index contributed by atoms with van der Waals surface area (Å²) >= 11 is 0. The number of ketones is 1. The van der Waals surface area contributed by atoms with Crippen LogP contribution in [0.15, 0.2) is 60.7 Å². The molecule has 2 aromatic carbocycles. The van der Waals surface area contributed by atoms with Gasteiger partial charge in [0.05, 0.1) is 0 Å². The number of carbonyl (C=O) groups is 1. The van der Waals surface area contributed by atoms with Crippen molar-refractivity contribution < 1.29 is 4.79 Å². The van der Waals surface area contributed by atoms with Crippen LogP contribution in [0.25, 0.3) is 16.7 Å². The molecule has 0 heterocycles. The van der Waals surface area contributed by atoms with E-state index in [1.807, 2.05) is 30.3 Å². The van der Waals surface area contributed by atoms with Gasteiger partial charge < -0.3 is 0 Å². The molecule has 0 amide bonds. The van der Waals surface area contributed by atoms with Gasteiger partial charge in [0.1, 0.15) is 0 Å². The lowest BCUT2D eigenvalue weighted by molar-refractivity contribution is -0.112. The van der Waals surface area contributed by atoms with Crippen LogP contribution in [0.2, 0.25) is 0 Å². The quantitative estimate of drug-likeness (QED) is 0.684. The summed E-state index contributed by atoms with van der Waals surface area (Å²) in [6.07, 6.45) is 3.72. The zero-order valence-electron chi connectivity index (χ0n) is 12.1. The van der Waals surface area contributed by atoms with E-state index in [2.05, 4.69) is 31.2 Å². The summed E-state index contributed by atoms with van der Waals surface area (Å²) < 4.78 is 0. The summed E-state index contributed by atoms with van der Waals surface area (Å²) in [6.45, 7) is 3.75. The van der Waals surface area contributed by atoms with E-state index in [0.29, 0.717) is 0 Å². The van der Waals surface area contributed by atoms with Crippen molar-refractivity contribution in [2.45, 2.75) is 26.7 Å². The second-order valence-electron chi connectivity index (χ2n) is 4.94. The molecule has 0 spiro atoms. The molecular formula is C19H20O. The van der Waals surface area contributed by atoms with E-state index in [1.165, 1.54) is 11.1 Å². The molecule has 0 aromatic heterocycles. The Labute approximate surface area is 121 Å². The first-order chi connectivity index (χ1) is 9.72. The van der Waals surface area contributed by atoms with Crippen LogP contribution < -0.4 is 0 Å². The Bertz CT molecular complexity index is 609. The lowest BCUT2D eigenvalue weighted by Crippen LogP contribution is -1.93. The fraction of sp³-hybridized carbons (Fsp3) is 0.211. The number of rotatable bonds is 5. The minimum absolute atomic E-state index is 0.108. The molecule has 1 heteroatoms. The van der Waals surface area contributed by atoms with Gasteiger partial charge >= 0.3 is 0 Å². The van der Waals surface area contributed by atoms with Crippen LogP contribution in [0, 0.1) is 0 Å². The van der Waals surface area contributed by atoms with Gasteiger partial charge in [0.15, 0.2) is 5.78 Å². The number of carbonyl (C=O) groups excluding carboxylic acids is 1. The fourth-order valence-electron chi connectivity index (χ4n) is 2.43. The predicted molar refractivity (Wildman–Crippen MR) is 85.4 cm³/mol. The van der Waals surface area contributed by atoms with E-state index in [0.717, 1.165) is 24.0 Å². The average Bonchev–Trinajstić information content (AvgIpc) is 2.47. The number of allylic oxidation sites excluding steroid dienone is 2. The zero-order chi connectivity index (χ0) is 14.4. The first-order valence-electron chi connectivity index (χ1n) is 7.08. The molecule has 102 valence electrons. The molecule has 0 aliphatic rings. The molecule has 0 atom stereocenters. The van der Waals surface area contributed by atoms with Crippen molar-refractivity contribution in [1.29, 1.82) is 0 Å². The topological polar surface area (TPSA) is 17.1 Å². The van der Waals surface area contributed by atoms with Gasteiger partial charge in [-0.1, -0.05) is 67.9 Å². The molecule has 0 fully saturated rings. The molecule has 0 radical (unpaired) electrons. The van der Waals surface area contributed by atoms with Crippen LogP contribution in [0.1, 0.15) is 32.3 Å². The van der Waals surface area contributed by atoms with Crippen molar-refractivity contribution in [2.24, 2.45) is 0 Å². The van der Waals surface area contributed by atoms with Crippen LogP contribution in [0.3, 0.4) is 0 Å². The molecule has 0 aliphatic carbocycles. The van der Waals surface area contributed by atoms with Crippen molar-refractivity contribution in [3.05, 3.63) is 66.2 Å². The molecule has 1 nitrogen and oxygen atoms in total. The Morgan fingerprint density at radius 3 is 2.30 bits per heavy atom. The third-order valence-corrected chi connectivity index (χ3v) is 3.25. The van der Waals surface area contributed by atoms with Gasteiger partial charge in [-0.05, 0) is 41.7 Å². The molecule has 0 saturated heterocycles. The van der Waals surface area contributed by atoms with Crippen LogP contribution >= 0.6 is 0 Å². The summed E-state index contributed by atoms with van der Waals surface area (Å²) in [7, 11) is 0. The summed E-state index contributed by atoms with van der Waals surface area (Å²) in [5, 5.41) is 0. The summed E-state index contributed by atoms with van der Waals surface area (Å²) in [4.78, 5) is 11.5. The summed E-state index contributed by atoms with van der Waals surface area (Å²) in [5.41, 5.74) is 4.66. The van der Waals surface area contributed by atoms with Crippen molar-refractivity contribution in [1.82, 2.24) is 0 Å². The Hall–Kier alpha value is -2.15. The van der Waals surface area contributed by atoms with Gasteiger partial charge in [-0.25, -0.2) is 0 Å². The lowest BCUT2D eigenvalue weighted by atomic mass is 9.92. The predicted octanol–water partition coefficient (Wildman–Crippen LogP) is 5.13. The second-order valence-corrected chi connectivity index (χ2v) is 4.94. The third-order valence-electron chi connectivity index (χ3n) is 3.25. The first-order valence-corrected chi connectivity index (χ1v) is 7.08. The lowest BCUT2D eigenvalue weighted by Gasteiger charge is -2.13. The minimum Gasteiger partial charge on any atom is -0.295 e. The Balaban J connectivity index is 2.54. The van der Waals surface area contributed by atoms with Crippen LogP contribution in [0.4, 0.5) is 0 Å². The molecule has 2 rings (SSSR count). The standard InChI is InChI=1S/C19H20O/c1-3-9-17(14-15(2)20)19-13-8-7-12-18(19)16-10-5-4-6-11-16/h4-8,10-14H,3,9H2,1-2H3. The molecule has 0 N–H and O–H groups in total. The van der Waals surface area contributed by atoms with Crippen LogP contribution in [0.5, 0.6) is 0 Å². The maximum Gasteiger partial charge on any atom is 0.152 e. The third kappa shape index (κ3) is 3.45. The molecule has 0 aliphatic heterocycles. The molecular weight excluding hydrogens is 244 g/mol. The first kappa shape index (κ1) is 14.3. The summed E-state index contributed by atoms with van der Waals surface area (Å²) in [6, 6.07) is 18.6. The number of benzene rings is 2. The smallest absolute Gasteiger partial charge is 0.152 e.